The number of fused-ring (bicyclic) bond motifs is 1. The van der Waals surface area contributed by atoms with Crippen LogP contribution in [0.5, 0.6) is 0 Å². The van der Waals surface area contributed by atoms with Crippen LogP contribution in [0.15, 0.2) is 59.7 Å². The van der Waals surface area contributed by atoms with Gasteiger partial charge in [0.2, 0.25) is 0 Å². The van der Waals surface area contributed by atoms with Crippen LogP contribution in [0.4, 0.5) is 0 Å². The van der Waals surface area contributed by atoms with Gasteiger partial charge in [0, 0.05) is 27.6 Å². The zero-order chi connectivity index (χ0) is 20.2. The topological polar surface area (TPSA) is 36.1 Å². The normalized spacial score (nSPS) is 17.9. The fraction of sp³-hybridized carbons (Fsp3) is 0.320. The minimum absolute atomic E-state index is 0.0695. The fourth-order valence-electron chi connectivity index (χ4n) is 4.30. The molecule has 0 saturated carbocycles. The largest absolute Gasteiger partial charge is 0.354 e. The van der Waals surface area contributed by atoms with Gasteiger partial charge in [-0.05, 0) is 58.7 Å². The summed E-state index contributed by atoms with van der Waals surface area (Å²) in [6, 6.07) is 16.9. The molecule has 28 heavy (non-hydrogen) atoms. The quantitative estimate of drug-likeness (QED) is 0.574. The molecule has 3 nitrogen and oxygen atoms in total. The Kier molecular flexibility index (Phi) is 4.22. The summed E-state index contributed by atoms with van der Waals surface area (Å²) in [6.07, 6.45) is 0. The highest BCUT2D eigenvalue weighted by Gasteiger charge is 2.43. The molecule has 1 aromatic heterocycles. The molecule has 0 radical (unpaired) electrons. The van der Waals surface area contributed by atoms with Crippen LogP contribution in [0.3, 0.4) is 0 Å². The van der Waals surface area contributed by atoms with E-state index in [9.17, 15) is 4.79 Å². The monoisotopic (exact) mass is 372 g/mol. The number of aromatic amines is 1. The molecule has 1 unspecified atom stereocenters. The van der Waals surface area contributed by atoms with E-state index in [0.29, 0.717) is 0 Å². The van der Waals surface area contributed by atoms with Gasteiger partial charge in [0.15, 0.2) is 0 Å². The molecule has 1 atom stereocenters. The molecule has 4 rings (SSSR count). The summed E-state index contributed by atoms with van der Waals surface area (Å²) in [6.45, 7) is 12.5. The van der Waals surface area contributed by atoms with E-state index in [4.69, 9.17) is 0 Å². The summed E-state index contributed by atoms with van der Waals surface area (Å²) in [4.78, 5) is 18.8. The summed E-state index contributed by atoms with van der Waals surface area (Å²) in [5, 5.41) is 1.18. The lowest BCUT2D eigenvalue weighted by Crippen LogP contribution is -2.45. The van der Waals surface area contributed by atoms with Gasteiger partial charge in [0.05, 0.1) is 11.7 Å². The van der Waals surface area contributed by atoms with E-state index in [2.05, 4.69) is 88.1 Å². The summed E-state index contributed by atoms with van der Waals surface area (Å²) in [7, 11) is 0. The SMILES string of the molecule is CC1=C(C)C(c2c(-c3ccc(C)cc3)[nH]c3ccccc23)N(C(C)(C)C)C1=O. The Morgan fingerprint density at radius 2 is 1.57 bits per heavy atom. The molecule has 0 aliphatic carbocycles. The van der Waals surface area contributed by atoms with Crippen LogP contribution < -0.4 is 0 Å². The van der Waals surface area contributed by atoms with E-state index in [0.717, 1.165) is 27.9 Å². The summed E-state index contributed by atoms with van der Waals surface area (Å²) < 4.78 is 0. The number of carbonyl (C=O) groups is 1. The Labute approximate surface area is 167 Å². The van der Waals surface area contributed by atoms with Gasteiger partial charge in [-0.15, -0.1) is 0 Å². The molecule has 0 spiro atoms. The highest BCUT2D eigenvalue weighted by Crippen LogP contribution is 2.47. The number of benzene rings is 2. The first-order valence-corrected chi connectivity index (χ1v) is 9.89. The third-order valence-electron chi connectivity index (χ3n) is 5.88. The second-order valence-electron chi connectivity index (χ2n) is 8.88. The van der Waals surface area contributed by atoms with Crippen molar-refractivity contribution >= 4 is 16.8 Å². The third-order valence-corrected chi connectivity index (χ3v) is 5.88. The number of aryl methyl sites for hydroxylation is 1. The van der Waals surface area contributed by atoms with Gasteiger partial charge in [-0.1, -0.05) is 48.0 Å². The van der Waals surface area contributed by atoms with Crippen LogP contribution in [-0.2, 0) is 4.79 Å². The molecule has 0 bridgehead atoms. The van der Waals surface area contributed by atoms with Crippen LogP contribution in [0.2, 0.25) is 0 Å². The Hall–Kier alpha value is -2.81. The van der Waals surface area contributed by atoms with Crippen molar-refractivity contribution in [3.8, 4) is 11.3 Å². The van der Waals surface area contributed by atoms with Crippen molar-refractivity contribution < 1.29 is 4.79 Å². The minimum Gasteiger partial charge on any atom is -0.354 e. The van der Waals surface area contributed by atoms with Crippen LogP contribution in [0, 0.1) is 6.92 Å². The number of amides is 1. The summed E-state index contributed by atoms with van der Waals surface area (Å²) in [5.41, 5.74) is 7.50. The van der Waals surface area contributed by atoms with E-state index in [1.807, 2.05) is 11.8 Å². The van der Waals surface area contributed by atoms with Crippen LogP contribution in [0.1, 0.15) is 51.8 Å². The first kappa shape index (κ1) is 18.5. The number of rotatable bonds is 2. The van der Waals surface area contributed by atoms with Crippen molar-refractivity contribution in [3.05, 3.63) is 70.8 Å². The van der Waals surface area contributed by atoms with Crippen LogP contribution in [-0.4, -0.2) is 21.3 Å². The minimum atomic E-state index is -0.274. The highest BCUT2D eigenvalue weighted by atomic mass is 16.2. The van der Waals surface area contributed by atoms with E-state index >= 15 is 0 Å². The number of hydrogen-bond donors (Lipinski definition) is 1. The zero-order valence-electron chi connectivity index (χ0n) is 17.6. The molecule has 3 aromatic rings. The van der Waals surface area contributed by atoms with Crippen molar-refractivity contribution in [2.75, 3.05) is 0 Å². The molecule has 144 valence electrons. The molecule has 1 amide bonds. The molecular formula is C25H28N2O. The predicted octanol–water partition coefficient (Wildman–Crippen LogP) is 6.16. The molecular weight excluding hydrogens is 344 g/mol. The maximum atomic E-state index is 13.2. The molecule has 1 aliphatic heterocycles. The van der Waals surface area contributed by atoms with E-state index in [1.54, 1.807) is 0 Å². The standard InChI is InChI=1S/C25H28N2O/c1-15-11-13-18(14-12-15)22-21(19-9-7-8-10-20(19)26-22)23-16(2)17(3)24(28)27(23)25(4,5)6/h7-14,23,26H,1-6H3. The van der Waals surface area contributed by atoms with E-state index in [-0.39, 0.29) is 17.5 Å². The van der Waals surface area contributed by atoms with Gasteiger partial charge in [-0.25, -0.2) is 0 Å². The van der Waals surface area contributed by atoms with Crippen LogP contribution >= 0.6 is 0 Å². The molecule has 2 aromatic carbocycles. The fourth-order valence-corrected chi connectivity index (χ4v) is 4.30. The zero-order valence-corrected chi connectivity index (χ0v) is 17.6. The predicted molar refractivity (Wildman–Crippen MR) is 116 cm³/mol. The van der Waals surface area contributed by atoms with Gasteiger partial charge in [0.25, 0.3) is 5.91 Å². The smallest absolute Gasteiger partial charge is 0.250 e. The van der Waals surface area contributed by atoms with Crippen molar-refractivity contribution in [2.45, 2.75) is 53.1 Å². The molecule has 3 heteroatoms. The third kappa shape index (κ3) is 2.77. The first-order valence-electron chi connectivity index (χ1n) is 9.89. The number of aromatic nitrogens is 1. The Morgan fingerprint density at radius 3 is 2.21 bits per heavy atom. The summed E-state index contributed by atoms with van der Waals surface area (Å²) >= 11 is 0. The Balaban J connectivity index is 2.03. The average molecular weight is 373 g/mol. The number of para-hydroxylation sites is 1. The van der Waals surface area contributed by atoms with Crippen molar-refractivity contribution in [1.29, 1.82) is 0 Å². The Bertz CT molecular complexity index is 1090. The van der Waals surface area contributed by atoms with E-state index < -0.39 is 0 Å². The van der Waals surface area contributed by atoms with Gasteiger partial charge in [-0.3, -0.25) is 4.79 Å². The molecule has 2 heterocycles. The van der Waals surface area contributed by atoms with Crippen LogP contribution in [0.25, 0.3) is 22.2 Å². The number of H-pyrrole nitrogens is 1. The second kappa shape index (κ2) is 6.37. The lowest BCUT2D eigenvalue weighted by Gasteiger charge is -2.38. The van der Waals surface area contributed by atoms with Gasteiger partial charge >= 0.3 is 0 Å². The number of nitrogens with one attached hydrogen (secondary N) is 1. The Morgan fingerprint density at radius 1 is 0.929 bits per heavy atom. The molecule has 1 aliphatic rings. The maximum Gasteiger partial charge on any atom is 0.250 e. The first-order chi connectivity index (χ1) is 13.2. The van der Waals surface area contributed by atoms with Gasteiger partial charge in [-0.2, -0.15) is 0 Å². The number of hydrogen-bond acceptors (Lipinski definition) is 1. The van der Waals surface area contributed by atoms with Gasteiger partial charge in [0.1, 0.15) is 0 Å². The summed E-state index contributed by atoms with van der Waals surface area (Å²) in [5.74, 6) is 0.134. The highest BCUT2D eigenvalue weighted by molar-refractivity contribution is 6.00. The van der Waals surface area contributed by atoms with Crippen molar-refractivity contribution in [2.24, 2.45) is 0 Å². The number of nitrogens with zero attached hydrogens (tertiary/aromatic N) is 1. The second-order valence-corrected chi connectivity index (χ2v) is 8.88. The average Bonchev–Trinajstić information content (AvgIpc) is 3.12. The lowest BCUT2D eigenvalue weighted by atomic mass is 9.91. The molecule has 1 N–H and O–H groups in total. The van der Waals surface area contributed by atoms with Gasteiger partial charge < -0.3 is 9.88 Å². The number of carbonyl (C=O) groups excluding carboxylic acids is 1. The molecule has 0 fully saturated rings. The molecule has 0 saturated heterocycles. The maximum absolute atomic E-state index is 13.2. The van der Waals surface area contributed by atoms with Crippen molar-refractivity contribution in [3.63, 3.8) is 0 Å². The van der Waals surface area contributed by atoms with Crippen molar-refractivity contribution in [1.82, 2.24) is 9.88 Å². The van der Waals surface area contributed by atoms with E-state index in [1.165, 1.54) is 16.5 Å². The lowest BCUT2D eigenvalue weighted by molar-refractivity contribution is -0.131.